The zero-order valence-electron chi connectivity index (χ0n) is 14.9. The van der Waals surface area contributed by atoms with Crippen LogP contribution in [0.1, 0.15) is 48.9 Å². The maximum absolute atomic E-state index is 12.7. The standard InChI is InChI=1S/C19H29N3O.2ClH/c20-18-9-5-8-17(13-18)19(23)22-12-6-7-16(15-22)14-21-10-3-1-2-4-11-21;;/h5,8-9,13,16H,1-4,6-7,10-12,14-15,20H2;2*1H. The van der Waals surface area contributed by atoms with Gasteiger partial charge in [-0.15, -0.1) is 24.8 Å². The van der Waals surface area contributed by atoms with Gasteiger partial charge in [0.2, 0.25) is 0 Å². The molecule has 0 radical (unpaired) electrons. The van der Waals surface area contributed by atoms with Crippen molar-refractivity contribution in [3.8, 4) is 0 Å². The van der Waals surface area contributed by atoms with Crippen molar-refractivity contribution in [3.63, 3.8) is 0 Å². The van der Waals surface area contributed by atoms with E-state index in [9.17, 15) is 4.79 Å². The van der Waals surface area contributed by atoms with Crippen molar-refractivity contribution < 1.29 is 4.79 Å². The number of halogens is 2. The molecule has 6 heteroatoms. The summed E-state index contributed by atoms with van der Waals surface area (Å²) in [5, 5.41) is 0. The molecule has 2 heterocycles. The number of nitrogen functional groups attached to an aromatic ring is 1. The Morgan fingerprint density at radius 3 is 2.44 bits per heavy atom. The summed E-state index contributed by atoms with van der Waals surface area (Å²) in [5.74, 6) is 0.754. The lowest BCUT2D eigenvalue weighted by Gasteiger charge is -2.35. The summed E-state index contributed by atoms with van der Waals surface area (Å²) in [4.78, 5) is 17.3. The van der Waals surface area contributed by atoms with E-state index in [1.54, 1.807) is 6.07 Å². The Kier molecular flexibility index (Phi) is 9.62. The second kappa shape index (κ2) is 10.9. The lowest BCUT2D eigenvalue weighted by Crippen LogP contribution is -2.44. The highest BCUT2D eigenvalue weighted by Gasteiger charge is 2.26. The third-order valence-corrected chi connectivity index (χ3v) is 5.15. The SMILES string of the molecule is Cl.Cl.Nc1cccc(C(=O)N2CCCC(CN3CCCCCC3)C2)c1. The van der Waals surface area contributed by atoms with Crippen LogP contribution in [-0.4, -0.2) is 48.4 Å². The highest BCUT2D eigenvalue weighted by Crippen LogP contribution is 2.21. The Morgan fingerprint density at radius 2 is 1.76 bits per heavy atom. The summed E-state index contributed by atoms with van der Waals surface area (Å²) < 4.78 is 0. The Labute approximate surface area is 163 Å². The predicted molar refractivity (Wildman–Crippen MR) is 109 cm³/mol. The highest BCUT2D eigenvalue weighted by atomic mass is 35.5. The van der Waals surface area contributed by atoms with E-state index < -0.39 is 0 Å². The average Bonchev–Trinajstić information content (AvgIpc) is 2.83. The van der Waals surface area contributed by atoms with Crippen LogP contribution < -0.4 is 5.73 Å². The quantitative estimate of drug-likeness (QED) is 0.801. The van der Waals surface area contributed by atoms with Gasteiger partial charge in [-0.1, -0.05) is 18.9 Å². The van der Waals surface area contributed by atoms with E-state index >= 15 is 0 Å². The first kappa shape index (κ1) is 22.1. The summed E-state index contributed by atoms with van der Waals surface area (Å²) >= 11 is 0. The molecule has 1 atom stereocenters. The van der Waals surface area contributed by atoms with Gasteiger partial charge in [0.05, 0.1) is 0 Å². The smallest absolute Gasteiger partial charge is 0.253 e. The molecule has 2 aliphatic heterocycles. The van der Waals surface area contributed by atoms with Crippen molar-refractivity contribution in [2.75, 3.05) is 38.5 Å². The molecule has 4 nitrogen and oxygen atoms in total. The van der Waals surface area contributed by atoms with Crippen molar-refractivity contribution in [2.24, 2.45) is 5.92 Å². The molecule has 0 saturated carbocycles. The number of likely N-dealkylation sites (tertiary alicyclic amines) is 2. The molecule has 2 aliphatic rings. The fourth-order valence-electron chi connectivity index (χ4n) is 3.94. The molecule has 142 valence electrons. The molecule has 1 aromatic rings. The van der Waals surface area contributed by atoms with Crippen LogP contribution in [0, 0.1) is 5.92 Å². The largest absolute Gasteiger partial charge is 0.399 e. The lowest BCUT2D eigenvalue weighted by atomic mass is 9.96. The normalized spacial score (nSPS) is 21.6. The van der Waals surface area contributed by atoms with Crippen LogP contribution in [0.2, 0.25) is 0 Å². The first-order chi connectivity index (χ1) is 11.2. The minimum Gasteiger partial charge on any atom is -0.399 e. The topological polar surface area (TPSA) is 49.6 Å². The van der Waals surface area contributed by atoms with Crippen LogP contribution in [0.4, 0.5) is 5.69 Å². The molecule has 2 saturated heterocycles. The third kappa shape index (κ3) is 6.36. The Hall–Kier alpha value is -0.970. The number of piperidine rings is 1. The molecule has 2 fully saturated rings. The summed E-state index contributed by atoms with van der Waals surface area (Å²) in [5.41, 5.74) is 7.20. The first-order valence-electron chi connectivity index (χ1n) is 9.09. The summed E-state index contributed by atoms with van der Waals surface area (Å²) in [6, 6.07) is 7.36. The van der Waals surface area contributed by atoms with Crippen molar-refractivity contribution in [3.05, 3.63) is 29.8 Å². The van der Waals surface area contributed by atoms with E-state index in [1.807, 2.05) is 23.1 Å². The fourth-order valence-corrected chi connectivity index (χ4v) is 3.94. The molecule has 25 heavy (non-hydrogen) atoms. The van der Waals surface area contributed by atoms with Gasteiger partial charge in [0.25, 0.3) is 5.91 Å². The Bertz CT molecular complexity index is 533. The van der Waals surface area contributed by atoms with Crippen molar-refractivity contribution in [1.29, 1.82) is 0 Å². The second-order valence-electron chi connectivity index (χ2n) is 7.10. The van der Waals surface area contributed by atoms with Gasteiger partial charge in [0, 0.05) is 30.9 Å². The number of hydrogen-bond acceptors (Lipinski definition) is 3. The maximum Gasteiger partial charge on any atom is 0.253 e. The molecule has 0 spiro atoms. The second-order valence-corrected chi connectivity index (χ2v) is 7.10. The third-order valence-electron chi connectivity index (χ3n) is 5.15. The minimum atomic E-state index is 0. The van der Waals surface area contributed by atoms with Gasteiger partial charge in [0.1, 0.15) is 0 Å². The molecular weight excluding hydrogens is 357 g/mol. The number of hydrogen-bond donors (Lipinski definition) is 1. The van der Waals surface area contributed by atoms with Gasteiger partial charge in [-0.05, 0) is 62.9 Å². The van der Waals surface area contributed by atoms with E-state index in [1.165, 1.54) is 45.2 Å². The molecule has 3 rings (SSSR count). The van der Waals surface area contributed by atoms with Gasteiger partial charge >= 0.3 is 0 Å². The van der Waals surface area contributed by atoms with Gasteiger partial charge in [0.15, 0.2) is 0 Å². The summed E-state index contributed by atoms with van der Waals surface area (Å²) in [6.45, 7) is 5.40. The first-order valence-corrected chi connectivity index (χ1v) is 9.09. The number of amides is 1. The number of nitrogens with zero attached hydrogens (tertiary/aromatic N) is 2. The van der Waals surface area contributed by atoms with E-state index in [2.05, 4.69) is 4.90 Å². The van der Waals surface area contributed by atoms with Crippen molar-refractivity contribution in [1.82, 2.24) is 9.80 Å². The monoisotopic (exact) mass is 387 g/mol. The molecule has 1 amide bonds. The zero-order valence-corrected chi connectivity index (χ0v) is 16.5. The van der Waals surface area contributed by atoms with Crippen LogP contribution in [0.3, 0.4) is 0 Å². The molecule has 0 aliphatic carbocycles. The van der Waals surface area contributed by atoms with Crippen LogP contribution in [-0.2, 0) is 0 Å². The number of benzene rings is 1. The highest BCUT2D eigenvalue weighted by molar-refractivity contribution is 5.95. The van der Waals surface area contributed by atoms with Crippen LogP contribution in [0.25, 0.3) is 0 Å². The van der Waals surface area contributed by atoms with E-state index in [0.29, 0.717) is 11.6 Å². The number of anilines is 1. The Morgan fingerprint density at radius 1 is 1.04 bits per heavy atom. The minimum absolute atomic E-state index is 0. The molecule has 1 unspecified atom stereocenters. The summed E-state index contributed by atoms with van der Waals surface area (Å²) in [6.07, 6.45) is 7.78. The fraction of sp³-hybridized carbons (Fsp3) is 0.632. The molecule has 0 bridgehead atoms. The summed E-state index contributed by atoms with van der Waals surface area (Å²) in [7, 11) is 0. The van der Waals surface area contributed by atoms with Crippen LogP contribution in [0.5, 0.6) is 0 Å². The number of carbonyl (C=O) groups is 1. The molecule has 2 N–H and O–H groups in total. The van der Waals surface area contributed by atoms with Crippen molar-refractivity contribution >= 4 is 36.4 Å². The number of carbonyl (C=O) groups excluding carboxylic acids is 1. The Balaban J connectivity index is 0.00000156. The van der Waals surface area contributed by atoms with Gasteiger partial charge < -0.3 is 15.5 Å². The van der Waals surface area contributed by atoms with Crippen LogP contribution in [0.15, 0.2) is 24.3 Å². The number of nitrogens with two attached hydrogens (primary N) is 1. The van der Waals surface area contributed by atoms with E-state index in [-0.39, 0.29) is 30.7 Å². The lowest BCUT2D eigenvalue weighted by molar-refractivity contribution is 0.0641. The molecule has 1 aromatic carbocycles. The predicted octanol–water partition coefficient (Wildman–Crippen LogP) is 3.84. The zero-order chi connectivity index (χ0) is 16.1. The number of rotatable bonds is 3. The van der Waals surface area contributed by atoms with Crippen molar-refractivity contribution in [2.45, 2.75) is 38.5 Å². The van der Waals surface area contributed by atoms with Crippen LogP contribution >= 0.6 is 24.8 Å². The maximum atomic E-state index is 12.7. The van der Waals surface area contributed by atoms with Gasteiger partial charge in [-0.2, -0.15) is 0 Å². The molecular formula is C19H31Cl2N3O. The van der Waals surface area contributed by atoms with Gasteiger partial charge in [-0.3, -0.25) is 4.79 Å². The van der Waals surface area contributed by atoms with E-state index in [4.69, 9.17) is 5.73 Å². The van der Waals surface area contributed by atoms with E-state index in [0.717, 1.165) is 31.6 Å². The van der Waals surface area contributed by atoms with Gasteiger partial charge in [-0.25, -0.2) is 0 Å². The molecule has 0 aromatic heterocycles. The average molecular weight is 388 g/mol.